The molecule has 3 heterocycles. The molecule has 0 amide bonds. The molecule has 30 heavy (non-hydrogen) atoms. The van der Waals surface area contributed by atoms with Gasteiger partial charge >= 0.3 is 0 Å². The van der Waals surface area contributed by atoms with Gasteiger partial charge in [0, 0.05) is 34.7 Å². The second-order valence-corrected chi connectivity index (χ2v) is 8.31. The van der Waals surface area contributed by atoms with E-state index in [1.165, 1.54) is 29.5 Å². The molecule has 0 unspecified atom stereocenters. The van der Waals surface area contributed by atoms with E-state index in [1.807, 2.05) is 12.3 Å². The number of furan rings is 1. The Morgan fingerprint density at radius 2 is 1.77 bits per heavy atom. The minimum Gasteiger partial charge on any atom is -0.453 e. The van der Waals surface area contributed by atoms with Gasteiger partial charge in [-0.1, -0.05) is 24.3 Å². The summed E-state index contributed by atoms with van der Waals surface area (Å²) >= 11 is 0. The first kappa shape index (κ1) is 17.4. The molecule has 146 valence electrons. The van der Waals surface area contributed by atoms with Gasteiger partial charge in [0.2, 0.25) is 5.69 Å². The van der Waals surface area contributed by atoms with Gasteiger partial charge in [-0.25, -0.2) is 4.57 Å². The Hall–Kier alpha value is -3.46. The third kappa shape index (κ3) is 2.51. The van der Waals surface area contributed by atoms with Crippen molar-refractivity contribution in [3.05, 3.63) is 83.7 Å². The average Bonchev–Trinajstić information content (AvgIpc) is 3.38. The van der Waals surface area contributed by atoms with Gasteiger partial charge in [-0.2, -0.15) is 0 Å². The van der Waals surface area contributed by atoms with Crippen LogP contribution in [0.5, 0.6) is 0 Å². The Morgan fingerprint density at radius 1 is 0.900 bits per heavy atom. The van der Waals surface area contributed by atoms with Crippen molar-refractivity contribution in [1.29, 1.82) is 0 Å². The standard InChI is InChI=1S/C27H23N2O/c1-17-9-12-21-22-13-14-28-25(20-11-10-18-6-5-7-19(18)16-20)27(22)30-26(21)24(17)23-8-3-4-15-29(23)2/h3-4,8-16H,5-7H2,1-2H3/q+1. The van der Waals surface area contributed by atoms with Gasteiger partial charge in [0.25, 0.3) is 0 Å². The number of benzene rings is 2. The molecule has 0 saturated heterocycles. The van der Waals surface area contributed by atoms with E-state index in [9.17, 15) is 0 Å². The molecule has 1 aliphatic carbocycles. The number of fused-ring (bicyclic) bond motifs is 4. The summed E-state index contributed by atoms with van der Waals surface area (Å²) < 4.78 is 8.75. The third-order valence-electron chi connectivity index (χ3n) is 6.45. The number of hydrogen-bond donors (Lipinski definition) is 0. The molecule has 3 heteroatoms. The summed E-state index contributed by atoms with van der Waals surface area (Å²) in [6.07, 6.45) is 7.58. The molecule has 0 aliphatic heterocycles. The van der Waals surface area contributed by atoms with Crippen LogP contribution in [0, 0.1) is 6.92 Å². The molecule has 2 aromatic carbocycles. The normalized spacial score (nSPS) is 13.3. The van der Waals surface area contributed by atoms with Gasteiger partial charge in [-0.15, -0.1) is 0 Å². The molecule has 0 bridgehead atoms. The van der Waals surface area contributed by atoms with Crippen LogP contribution in [-0.2, 0) is 19.9 Å². The number of aryl methyl sites for hydroxylation is 4. The zero-order chi connectivity index (χ0) is 20.2. The van der Waals surface area contributed by atoms with Crippen LogP contribution in [0.1, 0.15) is 23.1 Å². The lowest BCUT2D eigenvalue weighted by atomic mass is 10.00. The van der Waals surface area contributed by atoms with E-state index in [0.717, 1.165) is 50.9 Å². The molecular weight excluding hydrogens is 368 g/mol. The summed E-state index contributed by atoms with van der Waals surface area (Å²) in [6, 6.07) is 19.5. The first-order chi connectivity index (χ1) is 14.7. The summed E-state index contributed by atoms with van der Waals surface area (Å²) in [7, 11) is 2.08. The number of hydrogen-bond acceptors (Lipinski definition) is 2. The van der Waals surface area contributed by atoms with Crippen LogP contribution in [-0.4, -0.2) is 4.98 Å². The van der Waals surface area contributed by atoms with Crippen molar-refractivity contribution in [3.63, 3.8) is 0 Å². The van der Waals surface area contributed by atoms with Crippen molar-refractivity contribution < 1.29 is 8.98 Å². The Kier molecular flexibility index (Phi) is 3.79. The lowest BCUT2D eigenvalue weighted by Crippen LogP contribution is -2.30. The van der Waals surface area contributed by atoms with Gasteiger partial charge in [0.15, 0.2) is 11.8 Å². The van der Waals surface area contributed by atoms with Crippen molar-refractivity contribution in [2.75, 3.05) is 0 Å². The second kappa shape index (κ2) is 6.53. The van der Waals surface area contributed by atoms with E-state index >= 15 is 0 Å². The van der Waals surface area contributed by atoms with Crippen LogP contribution in [0.3, 0.4) is 0 Å². The maximum atomic E-state index is 6.60. The minimum atomic E-state index is 0.871. The van der Waals surface area contributed by atoms with Crippen LogP contribution in [0.2, 0.25) is 0 Å². The summed E-state index contributed by atoms with van der Waals surface area (Å²) in [5, 5.41) is 2.26. The average molecular weight is 391 g/mol. The van der Waals surface area contributed by atoms with Gasteiger partial charge in [0.05, 0.1) is 5.56 Å². The summed E-state index contributed by atoms with van der Waals surface area (Å²) in [6.45, 7) is 2.15. The molecule has 3 aromatic heterocycles. The minimum absolute atomic E-state index is 0.871. The first-order valence-electron chi connectivity index (χ1n) is 10.6. The fraction of sp³-hybridized carbons (Fsp3) is 0.185. The van der Waals surface area contributed by atoms with Crippen molar-refractivity contribution >= 4 is 21.9 Å². The molecular formula is C27H23N2O+. The second-order valence-electron chi connectivity index (χ2n) is 8.31. The monoisotopic (exact) mass is 391 g/mol. The highest BCUT2D eigenvalue weighted by molar-refractivity contribution is 6.12. The van der Waals surface area contributed by atoms with E-state index < -0.39 is 0 Å². The largest absolute Gasteiger partial charge is 0.453 e. The highest BCUT2D eigenvalue weighted by Gasteiger charge is 2.22. The van der Waals surface area contributed by atoms with E-state index in [4.69, 9.17) is 9.40 Å². The van der Waals surface area contributed by atoms with Gasteiger partial charge in [-0.05, 0) is 61.1 Å². The smallest absolute Gasteiger partial charge is 0.216 e. The lowest BCUT2D eigenvalue weighted by molar-refractivity contribution is -0.660. The Bertz CT molecular complexity index is 1440. The summed E-state index contributed by atoms with van der Waals surface area (Å²) in [4.78, 5) is 4.74. The van der Waals surface area contributed by atoms with E-state index in [-0.39, 0.29) is 0 Å². The van der Waals surface area contributed by atoms with Crippen LogP contribution >= 0.6 is 0 Å². The topological polar surface area (TPSA) is 29.9 Å². The van der Waals surface area contributed by atoms with E-state index in [1.54, 1.807) is 0 Å². The molecule has 3 nitrogen and oxygen atoms in total. The maximum Gasteiger partial charge on any atom is 0.216 e. The van der Waals surface area contributed by atoms with Gasteiger partial charge in [0.1, 0.15) is 18.3 Å². The predicted octanol–water partition coefficient (Wildman–Crippen LogP) is 5.94. The van der Waals surface area contributed by atoms with Crippen LogP contribution in [0.15, 0.2) is 71.4 Å². The van der Waals surface area contributed by atoms with Crippen LogP contribution < -0.4 is 4.57 Å². The fourth-order valence-electron chi connectivity index (χ4n) is 4.89. The van der Waals surface area contributed by atoms with Crippen molar-refractivity contribution in [2.24, 2.45) is 7.05 Å². The van der Waals surface area contributed by atoms with Gasteiger partial charge < -0.3 is 4.42 Å². The molecule has 0 spiro atoms. The van der Waals surface area contributed by atoms with Crippen molar-refractivity contribution in [2.45, 2.75) is 26.2 Å². The number of nitrogens with zero attached hydrogens (tertiary/aromatic N) is 2. The highest BCUT2D eigenvalue weighted by Crippen LogP contribution is 2.40. The molecule has 0 radical (unpaired) electrons. The number of aromatic nitrogens is 2. The summed E-state index contributed by atoms with van der Waals surface area (Å²) in [5.74, 6) is 0. The fourth-order valence-corrected chi connectivity index (χ4v) is 4.89. The van der Waals surface area contributed by atoms with Crippen molar-refractivity contribution in [3.8, 4) is 22.5 Å². The highest BCUT2D eigenvalue weighted by atomic mass is 16.3. The Morgan fingerprint density at radius 3 is 2.67 bits per heavy atom. The Balaban J connectivity index is 1.65. The zero-order valence-electron chi connectivity index (χ0n) is 17.3. The molecule has 0 atom stereocenters. The molecule has 0 fully saturated rings. The SMILES string of the molecule is Cc1ccc2c(oc3c(-c4ccc5c(c4)CCC5)nccc32)c1-c1cccc[n+]1C. The third-order valence-corrected chi connectivity index (χ3v) is 6.45. The van der Waals surface area contributed by atoms with Gasteiger partial charge in [-0.3, -0.25) is 4.98 Å². The molecule has 5 aromatic rings. The van der Waals surface area contributed by atoms with E-state index in [2.05, 4.69) is 73.3 Å². The molecule has 1 aliphatic rings. The number of pyridine rings is 2. The van der Waals surface area contributed by atoms with Crippen molar-refractivity contribution in [1.82, 2.24) is 4.98 Å². The maximum absolute atomic E-state index is 6.60. The molecule has 0 N–H and O–H groups in total. The summed E-state index contributed by atoms with van der Waals surface area (Å²) in [5.41, 5.74) is 10.3. The van der Waals surface area contributed by atoms with Crippen LogP contribution in [0.25, 0.3) is 44.5 Å². The van der Waals surface area contributed by atoms with E-state index in [0.29, 0.717) is 0 Å². The quantitative estimate of drug-likeness (QED) is 0.349. The predicted molar refractivity (Wildman–Crippen MR) is 120 cm³/mol. The molecule has 0 saturated carbocycles. The molecule has 6 rings (SSSR count). The van der Waals surface area contributed by atoms with Crippen LogP contribution in [0.4, 0.5) is 0 Å². The lowest BCUT2D eigenvalue weighted by Gasteiger charge is -2.05. The Labute approximate surface area is 175 Å². The number of rotatable bonds is 2. The first-order valence-corrected chi connectivity index (χ1v) is 10.6. The zero-order valence-corrected chi connectivity index (χ0v) is 17.3.